The van der Waals surface area contributed by atoms with Gasteiger partial charge in [0.15, 0.2) is 5.96 Å². The average Bonchev–Trinajstić information content (AvgIpc) is 2.03. The maximum Gasteiger partial charge on any atom is 0.320 e. The van der Waals surface area contributed by atoms with Gasteiger partial charge < -0.3 is 21.9 Å². The third kappa shape index (κ3) is 4.51. The van der Waals surface area contributed by atoms with E-state index in [0.29, 0.717) is 13.0 Å². The summed E-state index contributed by atoms with van der Waals surface area (Å²) < 4.78 is 0. The molecule has 0 aliphatic rings. The Bertz CT molecular complexity index is 180. The Labute approximate surface area is 70.6 Å². The number of nitrogens with one attached hydrogen (secondary N) is 1. The predicted octanol–water partition coefficient (Wildman–Crippen LogP) is -1.68. The lowest BCUT2D eigenvalue weighted by Crippen LogP contribution is -2.38. The number of carboxylic acid groups (broad SMARTS) is 1. The number of hydrogen-bond acceptors (Lipinski definition) is 3. The molecule has 0 aromatic heterocycles. The van der Waals surface area contributed by atoms with E-state index in [4.69, 9.17) is 16.6 Å². The molecule has 0 aromatic rings. The smallest absolute Gasteiger partial charge is 0.320 e. The Morgan fingerprint density at radius 1 is 1.75 bits per heavy atom. The summed E-state index contributed by atoms with van der Waals surface area (Å²) in [7, 11) is 1.54. The maximum absolute atomic E-state index is 10.2. The minimum atomic E-state index is -1.01. The number of aliphatic imine (C=N–C) groups is 1. The predicted molar refractivity (Wildman–Crippen MR) is 45.8 cm³/mol. The highest BCUT2D eigenvalue weighted by Crippen LogP contribution is 1.84. The number of aliphatic carboxylic acids is 1. The van der Waals surface area contributed by atoms with Gasteiger partial charge >= 0.3 is 5.97 Å². The zero-order valence-electron chi connectivity index (χ0n) is 6.95. The van der Waals surface area contributed by atoms with Crippen LogP contribution < -0.4 is 16.8 Å². The topological polar surface area (TPSA) is 114 Å². The molecule has 0 spiro atoms. The van der Waals surface area contributed by atoms with Crippen molar-refractivity contribution in [1.29, 1.82) is 0 Å². The van der Waals surface area contributed by atoms with E-state index in [0.717, 1.165) is 0 Å². The molecule has 0 amide bonds. The van der Waals surface area contributed by atoms with E-state index in [1.165, 1.54) is 0 Å². The van der Waals surface area contributed by atoms with E-state index < -0.39 is 12.0 Å². The van der Waals surface area contributed by atoms with Crippen molar-refractivity contribution in [3.63, 3.8) is 0 Å². The number of nitrogens with two attached hydrogens (primary N) is 2. The fraction of sp³-hybridized carbons (Fsp3) is 0.667. The minimum absolute atomic E-state index is 0.285. The summed E-state index contributed by atoms with van der Waals surface area (Å²) >= 11 is 0. The van der Waals surface area contributed by atoms with Crippen LogP contribution in [-0.2, 0) is 4.79 Å². The molecule has 0 aliphatic carbocycles. The summed E-state index contributed by atoms with van der Waals surface area (Å²) in [5, 5.41) is 11.1. The third-order valence-corrected chi connectivity index (χ3v) is 1.32. The molecule has 0 radical (unpaired) electrons. The molecule has 0 saturated carbocycles. The average molecular weight is 174 g/mol. The van der Waals surface area contributed by atoms with Crippen LogP contribution in [0.5, 0.6) is 0 Å². The molecule has 0 aromatic carbocycles. The van der Waals surface area contributed by atoms with Gasteiger partial charge in [0, 0.05) is 13.6 Å². The largest absolute Gasteiger partial charge is 0.480 e. The lowest BCUT2D eigenvalue weighted by Gasteiger charge is -2.07. The van der Waals surface area contributed by atoms with Crippen molar-refractivity contribution in [2.24, 2.45) is 16.5 Å². The molecule has 1 atom stereocenters. The highest BCUT2D eigenvalue weighted by Gasteiger charge is 2.09. The molecule has 0 fully saturated rings. The Kier molecular flexibility index (Phi) is 4.78. The third-order valence-electron chi connectivity index (χ3n) is 1.32. The van der Waals surface area contributed by atoms with Crippen molar-refractivity contribution in [1.82, 2.24) is 5.32 Å². The second kappa shape index (κ2) is 5.36. The van der Waals surface area contributed by atoms with Gasteiger partial charge in [0.25, 0.3) is 0 Å². The second-order valence-electron chi connectivity index (χ2n) is 2.27. The maximum atomic E-state index is 10.2. The van der Waals surface area contributed by atoms with Gasteiger partial charge in [0.2, 0.25) is 0 Å². The molecule has 0 rings (SSSR count). The molecule has 6 N–H and O–H groups in total. The van der Waals surface area contributed by atoms with Gasteiger partial charge in [-0.05, 0) is 6.42 Å². The zero-order valence-corrected chi connectivity index (χ0v) is 6.95. The highest BCUT2D eigenvalue weighted by molar-refractivity contribution is 5.77. The van der Waals surface area contributed by atoms with Crippen LogP contribution in [0.4, 0.5) is 0 Å². The van der Waals surface area contributed by atoms with Gasteiger partial charge in [-0.2, -0.15) is 0 Å². The molecule has 1 unspecified atom stereocenters. The number of nitrogens with zero attached hydrogens (tertiary/aromatic N) is 1. The van der Waals surface area contributed by atoms with Gasteiger partial charge in [-0.3, -0.25) is 9.79 Å². The number of carboxylic acids is 1. The molecule has 0 heterocycles. The van der Waals surface area contributed by atoms with Crippen LogP contribution in [0.3, 0.4) is 0 Å². The van der Waals surface area contributed by atoms with Crippen LogP contribution in [0.1, 0.15) is 6.42 Å². The number of rotatable bonds is 4. The number of hydrogen-bond donors (Lipinski definition) is 4. The molecule has 0 saturated heterocycles. The fourth-order valence-corrected chi connectivity index (χ4v) is 0.558. The van der Waals surface area contributed by atoms with Crippen LogP contribution in [0.15, 0.2) is 4.99 Å². The molecular weight excluding hydrogens is 160 g/mol. The Balaban J connectivity index is 3.50. The van der Waals surface area contributed by atoms with Gasteiger partial charge in [-0.1, -0.05) is 0 Å². The van der Waals surface area contributed by atoms with Crippen LogP contribution in [-0.4, -0.2) is 36.7 Å². The summed E-state index contributed by atoms with van der Waals surface area (Å²) in [6.45, 7) is 0.413. The number of guanidine groups is 1. The molecule has 70 valence electrons. The summed E-state index contributed by atoms with van der Waals surface area (Å²) in [6, 6.07) is -0.845. The van der Waals surface area contributed by atoms with Gasteiger partial charge in [-0.25, -0.2) is 0 Å². The van der Waals surface area contributed by atoms with Crippen LogP contribution in [0.25, 0.3) is 0 Å². The minimum Gasteiger partial charge on any atom is -0.480 e. The SMILES string of the molecule is CN=C(N)NCCC(N)C(=O)O. The van der Waals surface area contributed by atoms with E-state index in [1.54, 1.807) is 7.05 Å². The highest BCUT2D eigenvalue weighted by atomic mass is 16.4. The van der Waals surface area contributed by atoms with Crippen LogP contribution >= 0.6 is 0 Å². The standard InChI is InChI=1S/C6H14N4O2/c1-9-6(8)10-3-2-4(7)5(11)12/h4H,2-3,7H2,1H3,(H,11,12)(H3,8,9,10). The molecule has 0 bridgehead atoms. The van der Waals surface area contributed by atoms with E-state index in [9.17, 15) is 4.79 Å². The first-order valence-electron chi connectivity index (χ1n) is 3.52. The van der Waals surface area contributed by atoms with Crippen molar-refractivity contribution in [3.05, 3.63) is 0 Å². The summed E-state index contributed by atoms with van der Waals surface area (Å²) in [5.41, 5.74) is 10.5. The monoisotopic (exact) mass is 174 g/mol. The van der Waals surface area contributed by atoms with Crippen molar-refractivity contribution in [2.45, 2.75) is 12.5 Å². The normalized spacial score (nSPS) is 14.0. The Hall–Kier alpha value is -1.30. The summed E-state index contributed by atoms with van der Waals surface area (Å²) in [4.78, 5) is 13.9. The second-order valence-corrected chi connectivity index (χ2v) is 2.27. The quantitative estimate of drug-likeness (QED) is 0.300. The number of carbonyl (C=O) groups is 1. The Morgan fingerprint density at radius 2 is 2.33 bits per heavy atom. The summed E-state index contributed by atoms with van der Waals surface area (Å²) in [6.07, 6.45) is 0.325. The van der Waals surface area contributed by atoms with Crippen molar-refractivity contribution < 1.29 is 9.90 Å². The van der Waals surface area contributed by atoms with E-state index in [-0.39, 0.29) is 5.96 Å². The van der Waals surface area contributed by atoms with Crippen LogP contribution in [0, 0.1) is 0 Å². The first-order chi connectivity index (χ1) is 5.57. The molecule has 0 aliphatic heterocycles. The van der Waals surface area contributed by atoms with Crippen molar-refractivity contribution in [3.8, 4) is 0 Å². The zero-order chi connectivity index (χ0) is 9.56. The van der Waals surface area contributed by atoms with E-state index >= 15 is 0 Å². The van der Waals surface area contributed by atoms with Crippen molar-refractivity contribution >= 4 is 11.9 Å². The molecule has 6 nitrogen and oxygen atoms in total. The lowest BCUT2D eigenvalue weighted by molar-refractivity contribution is -0.138. The molecular formula is C6H14N4O2. The first kappa shape index (κ1) is 10.7. The van der Waals surface area contributed by atoms with Crippen LogP contribution in [0.2, 0.25) is 0 Å². The molecule has 6 heteroatoms. The van der Waals surface area contributed by atoms with Gasteiger partial charge in [0.1, 0.15) is 6.04 Å². The van der Waals surface area contributed by atoms with Gasteiger partial charge in [-0.15, -0.1) is 0 Å². The fourth-order valence-electron chi connectivity index (χ4n) is 0.558. The Morgan fingerprint density at radius 3 is 2.75 bits per heavy atom. The van der Waals surface area contributed by atoms with E-state index in [1.807, 2.05) is 0 Å². The van der Waals surface area contributed by atoms with Gasteiger partial charge in [0.05, 0.1) is 0 Å². The first-order valence-corrected chi connectivity index (χ1v) is 3.52. The molecule has 12 heavy (non-hydrogen) atoms. The van der Waals surface area contributed by atoms with E-state index in [2.05, 4.69) is 10.3 Å². The lowest BCUT2D eigenvalue weighted by atomic mass is 10.2. The summed E-state index contributed by atoms with van der Waals surface area (Å²) in [5.74, 6) is -0.726. The van der Waals surface area contributed by atoms with Crippen molar-refractivity contribution in [2.75, 3.05) is 13.6 Å².